The van der Waals surface area contributed by atoms with Crippen LogP contribution in [0.5, 0.6) is 0 Å². The molecule has 0 aliphatic heterocycles. The number of anilines is 2. The van der Waals surface area contributed by atoms with Crippen molar-refractivity contribution in [2.45, 2.75) is 6.92 Å². The van der Waals surface area contributed by atoms with Crippen LogP contribution in [0.3, 0.4) is 0 Å². The second-order valence-corrected chi connectivity index (χ2v) is 3.41. The number of amides is 2. The van der Waals surface area contributed by atoms with Crippen molar-refractivity contribution in [2.24, 2.45) is 0 Å². The lowest BCUT2D eigenvalue weighted by atomic mass is 10.3. The number of hydrogen-bond donors (Lipinski definition) is 3. The second-order valence-electron chi connectivity index (χ2n) is 3.41. The summed E-state index contributed by atoms with van der Waals surface area (Å²) in [6, 6.07) is 6.42. The van der Waals surface area contributed by atoms with Crippen molar-refractivity contribution in [3.8, 4) is 0 Å². The van der Waals surface area contributed by atoms with Gasteiger partial charge in [0.05, 0.1) is 13.2 Å². The molecule has 7 heteroatoms. The first-order valence-electron chi connectivity index (χ1n) is 5.74. The SMILES string of the molecule is CCOC(=O)Nc1ccc(NC(=O)OCCO)cc1. The van der Waals surface area contributed by atoms with Crippen LogP contribution in [0, 0.1) is 0 Å². The van der Waals surface area contributed by atoms with Gasteiger partial charge in [0, 0.05) is 11.4 Å². The van der Waals surface area contributed by atoms with E-state index in [-0.39, 0.29) is 13.2 Å². The van der Waals surface area contributed by atoms with Crippen molar-refractivity contribution in [3.05, 3.63) is 24.3 Å². The third kappa shape index (κ3) is 5.73. The molecular weight excluding hydrogens is 252 g/mol. The van der Waals surface area contributed by atoms with Crippen LogP contribution in [0.15, 0.2) is 24.3 Å². The van der Waals surface area contributed by atoms with Crippen LogP contribution in [-0.4, -0.2) is 37.1 Å². The number of aliphatic hydroxyl groups is 1. The van der Waals surface area contributed by atoms with Crippen molar-refractivity contribution >= 4 is 23.6 Å². The Balaban J connectivity index is 2.47. The van der Waals surface area contributed by atoms with Gasteiger partial charge in [0.1, 0.15) is 6.61 Å². The highest BCUT2D eigenvalue weighted by Crippen LogP contribution is 2.13. The van der Waals surface area contributed by atoms with Crippen molar-refractivity contribution in [1.82, 2.24) is 0 Å². The number of rotatable bonds is 5. The Morgan fingerprint density at radius 3 is 1.95 bits per heavy atom. The third-order valence-electron chi connectivity index (χ3n) is 1.98. The van der Waals surface area contributed by atoms with E-state index in [0.717, 1.165) is 0 Å². The molecule has 1 rings (SSSR count). The summed E-state index contributed by atoms with van der Waals surface area (Å²) in [6.45, 7) is 1.72. The fourth-order valence-electron chi connectivity index (χ4n) is 1.21. The van der Waals surface area contributed by atoms with Crippen molar-refractivity contribution in [1.29, 1.82) is 0 Å². The number of carbonyl (C=O) groups excluding carboxylic acids is 2. The van der Waals surface area contributed by atoms with Gasteiger partial charge >= 0.3 is 12.2 Å². The summed E-state index contributed by atoms with van der Waals surface area (Å²) in [5, 5.41) is 13.5. The maximum atomic E-state index is 11.2. The van der Waals surface area contributed by atoms with Crippen molar-refractivity contribution in [3.63, 3.8) is 0 Å². The molecule has 1 aromatic rings. The molecule has 0 atom stereocenters. The minimum Gasteiger partial charge on any atom is -0.450 e. The lowest BCUT2D eigenvalue weighted by Gasteiger charge is -2.08. The number of benzene rings is 1. The Labute approximate surface area is 110 Å². The molecule has 0 aromatic heterocycles. The zero-order valence-electron chi connectivity index (χ0n) is 10.5. The molecule has 3 N–H and O–H groups in total. The number of ether oxygens (including phenoxy) is 2. The number of carbonyl (C=O) groups is 2. The Morgan fingerprint density at radius 2 is 1.53 bits per heavy atom. The fraction of sp³-hybridized carbons (Fsp3) is 0.333. The van der Waals surface area contributed by atoms with E-state index in [1.807, 2.05) is 0 Å². The Hall–Kier alpha value is -2.28. The summed E-state index contributed by atoms with van der Waals surface area (Å²) in [4.78, 5) is 22.3. The highest BCUT2D eigenvalue weighted by atomic mass is 16.6. The van der Waals surface area contributed by atoms with E-state index in [1.54, 1.807) is 31.2 Å². The van der Waals surface area contributed by atoms with E-state index in [9.17, 15) is 9.59 Å². The quantitative estimate of drug-likeness (QED) is 0.756. The Bertz CT molecular complexity index is 419. The van der Waals surface area contributed by atoms with E-state index < -0.39 is 12.2 Å². The smallest absolute Gasteiger partial charge is 0.411 e. The molecule has 0 saturated heterocycles. The molecule has 2 amide bonds. The molecule has 0 unspecified atom stereocenters. The molecule has 0 fully saturated rings. The van der Waals surface area contributed by atoms with Crippen LogP contribution in [0.4, 0.5) is 21.0 Å². The van der Waals surface area contributed by atoms with Gasteiger partial charge in [-0.2, -0.15) is 0 Å². The molecule has 0 aliphatic carbocycles. The molecule has 0 spiro atoms. The van der Waals surface area contributed by atoms with Gasteiger partial charge in [-0.1, -0.05) is 0 Å². The topological polar surface area (TPSA) is 96.9 Å². The standard InChI is InChI=1S/C12H16N2O5/c1-2-18-11(16)13-9-3-5-10(6-4-9)14-12(17)19-8-7-15/h3-6,15H,2,7-8H2,1H3,(H,13,16)(H,14,17). The van der Waals surface area contributed by atoms with Crippen LogP contribution in [0.1, 0.15) is 6.92 Å². The minimum absolute atomic E-state index is 0.0612. The van der Waals surface area contributed by atoms with Crippen LogP contribution in [0.25, 0.3) is 0 Å². The van der Waals surface area contributed by atoms with E-state index in [2.05, 4.69) is 15.4 Å². The number of aliphatic hydroxyl groups excluding tert-OH is 1. The highest BCUT2D eigenvalue weighted by Gasteiger charge is 2.04. The Kier molecular flexibility index (Phi) is 6.17. The summed E-state index contributed by atoms with van der Waals surface area (Å²) < 4.78 is 9.35. The summed E-state index contributed by atoms with van der Waals surface area (Å²) in [6.07, 6.45) is -1.19. The zero-order valence-corrected chi connectivity index (χ0v) is 10.5. The molecule has 0 aliphatic rings. The molecular formula is C12H16N2O5. The van der Waals surface area contributed by atoms with Gasteiger partial charge in [0.25, 0.3) is 0 Å². The fourth-order valence-corrected chi connectivity index (χ4v) is 1.21. The van der Waals surface area contributed by atoms with Crippen molar-refractivity contribution in [2.75, 3.05) is 30.5 Å². The zero-order chi connectivity index (χ0) is 14.1. The van der Waals surface area contributed by atoms with E-state index in [0.29, 0.717) is 18.0 Å². The second kappa shape index (κ2) is 7.93. The van der Waals surface area contributed by atoms with Gasteiger partial charge in [-0.05, 0) is 31.2 Å². The molecule has 7 nitrogen and oxygen atoms in total. The van der Waals surface area contributed by atoms with Crippen LogP contribution >= 0.6 is 0 Å². The molecule has 1 aromatic carbocycles. The maximum Gasteiger partial charge on any atom is 0.411 e. The predicted molar refractivity (Wildman–Crippen MR) is 69.1 cm³/mol. The number of hydrogen-bond acceptors (Lipinski definition) is 5. The van der Waals surface area contributed by atoms with Gasteiger partial charge in [0.2, 0.25) is 0 Å². The largest absolute Gasteiger partial charge is 0.450 e. The molecule has 104 valence electrons. The monoisotopic (exact) mass is 268 g/mol. The van der Waals surface area contributed by atoms with Gasteiger partial charge in [-0.25, -0.2) is 9.59 Å². The molecule has 0 saturated carbocycles. The van der Waals surface area contributed by atoms with Gasteiger partial charge in [0.15, 0.2) is 0 Å². The lowest BCUT2D eigenvalue weighted by molar-refractivity contribution is 0.131. The van der Waals surface area contributed by atoms with E-state index in [1.165, 1.54) is 0 Å². The third-order valence-corrected chi connectivity index (χ3v) is 1.98. The normalized spacial score (nSPS) is 9.58. The van der Waals surface area contributed by atoms with Gasteiger partial charge in [-0.15, -0.1) is 0 Å². The molecule has 19 heavy (non-hydrogen) atoms. The molecule has 0 heterocycles. The Morgan fingerprint density at radius 1 is 1.05 bits per heavy atom. The van der Waals surface area contributed by atoms with E-state index >= 15 is 0 Å². The van der Waals surface area contributed by atoms with E-state index in [4.69, 9.17) is 9.84 Å². The summed E-state index contributed by atoms with van der Waals surface area (Å²) >= 11 is 0. The van der Waals surface area contributed by atoms with Gasteiger partial charge in [-0.3, -0.25) is 10.6 Å². The predicted octanol–water partition coefficient (Wildman–Crippen LogP) is 1.80. The molecule has 0 bridgehead atoms. The minimum atomic E-state index is -0.653. The lowest BCUT2D eigenvalue weighted by Crippen LogP contribution is -2.16. The average Bonchev–Trinajstić information content (AvgIpc) is 2.39. The van der Waals surface area contributed by atoms with Crippen LogP contribution in [-0.2, 0) is 9.47 Å². The first kappa shape index (κ1) is 14.8. The van der Waals surface area contributed by atoms with Crippen LogP contribution in [0.2, 0.25) is 0 Å². The molecule has 0 radical (unpaired) electrons. The first-order chi connectivity index (χ1) is 9.15. The number of nitrogens with one attached hydrogen (secondary N) is 2. The maximum absolute atomic E-state index is 11.2. The van der Waals surface area contributed by atoms with Gasteiger partial charge < -0.3 is 14.6 Å². The van der Waals surface area contributed by atoms with Crippen LogP contribution < -0.4 is 10.6 Å². The first-order valence-corrected chi connectivity index (χ1v) is 5.74. The van der Waals surface area contributed by atoms with Crippen molar-refractivity contribution < 1.29 is 24.2 Å². The highest BCUT2D eigenvalue weighted by molar-refractivity contribution is 5.87. The summed E-state index contributed by atoms with van der Waals surface area (Å²) in [5.74, 6) is 0. The summed E-state index contributed by atoms with van der Waals surface area (Å²) in [7, 11) is 0. The summed E-state index contributed by atoms with van der Waals surface area (Å²) in [5.41, 5.74) is 1.06. The average molecular weight is 268 g/mol.